The zero-order chi connectivity index (χ0) is 18.4. The molecule has 0 aromatic rings. The lowest BCUT2D eigenvalue weighted by atomic mass is 9.65. The van der Waals surface area contributed by atoms with Gasteiger partial charge in [0.15, 0.2) is 0 Å². The van der Waals surface area contributed by atoms with Crippen molar-refractivity contribution in [1.29, 1.82) is 0 Å². The molecule has 3 saturated heterocycles. The summed E-state index contributed by atoms with van der Waals surface area (Å²) in [6.07, 6.45) is 1.47. The first-order chi connectivity index (χ1) is 11.6. The number of fused-ring (bicyclic) bond motifs is 2. The Balaban J connectivity index is 1.72. The van der Waals surface area contributed by atoms with Gasteiger partial charge in [0.25, 0.3) is 0 Å². The molecule has 3 aliphatic rings. The van der Waals surface area contributed by atoms with Crippen molar-refractivity contribution in [2.75, 3.05) is 46.3 Å². The number of hydrogen-bond donors (Lipinski definition) is 1. The molecule has 3 aliphatic heterocycles. The second-order valence-corrected chi connectivity index (χ2v) is 9.56. The van der Waals surface area contributed by atoms with Crippen LogP contribution >= 0.6 is 0 Å². The van der Waals surface area contributed by atoms with Crippen molar-refractivity contribution in [1.82, 2.24) is 20.0 Å². The highest BCUT2D eigenvalue weighted by atomic mass is 16.2. The molecule has 3 rings (SSSR count). The van der Waals surface area contributed by atoms with Crippen LogP contribution in [0.4, 0.5) is 0 Å². The molecule has 0 spiro atoms. The summed E-state index contributed by atoms with van der Waals surface area (Å²) in [6.45, 7) is 14.0. The number of amides is 2. The van der Waals surface area contributed by atoms with E-state index < -0.39 is 0 Å². The average Bonchev–Trinajstić information content (AvgIpc) is 2.45. The van der Waals surface area contributed by atoms with E-state index in [0.717, 1.165) is 32.7 Å². The largest absolute Gasteiger partial charge is 0.353 e. The molecule has 1 N–H and O–H groups in total. The van der Waals surface area contributed by atoms with Crippen molar-refractivity contribution in [2.45, 2.75) is 52.6 Å². The van der Waals surface area contributed by atoms with Crippen LogP contribution in [0.1, 0.15) is 40.5 Å². The molecule has 0 unspecified atom stereocenters. The minimum Gasteiger partial charge on any atom is -0.353 e. The van der Waals surface area contributed by atoms with E-state index in [1.807, 2.05) is 4.90 Å². The van der Waals surface area contributed by atoms with Gasteiger partial charge in [-0.05, 0) is 38.1 Å². The van der Waals surface area contributed by atoms with E-state index in [0.29, 0.717) is 13.0 Å². The highest BCUT2D eigenvalue weighted by Gasteiger charge is 2.49. The minimum absolute atomic E-state index is 0.00246. The molecule has 2 bridgehead atoms. The van der Waals surface area contributed by atoms with Crippen LogP contribution < -0.4 is 5.32 Å². The summed E-state index contributed by atoms with van der Waals surface area (Å²) in [4.78, 5) is 32.1. The SMILES string of the molecule is CC(C)N1CCNC(=O)[C@H]1CC(=O)N1C[C@]2(C)CN(C)C[C@](C)(C1)C2. The van der Waals surface area contributed by atoms with Gasteiger partial charge in [0.2, 0.25) is 11.8 Å². The first kappa shape index (κ1) is 18.6. The van der Waals surface area contributed by atoms with Crippen molar-refractivity contribution in [3.63, 3.8) is 0 Å². The van der Waals surface area contributed by atoms with Crippen molar-refractivity contribution < 1.29 is 9.59 Å². The average molecular weight is 351 g/mol. The van der Waals surface area contributed by atoms with Gasteiger partial charge in [0.1, 0.15) is 0 Å². The third kappa shape index (κ3) is 3.85. The molecule has 3 heterocycles. The van der Waals surface area contributed by atoms with Gasteiger partial charge < -0.3 is 15.1 Å². The summed E-state index contributed by atoms with van der Waals surface area (Å²) in [5.74, 6) is 0.136. The van der Waals surface area contributed by atoms with E-state index in [1.54, 1.807) is 0 Å². The summed E-state index contributed by atoms with van der Waals surface area (Å²) in [5.41, 5.74) is 0.310. The predicted molar refractivity (Wildman–Crippen MR) is 98.2 cm³/mol. The summed E-state index contributed by atoms with van der Waals surface area (Å²) in [5, 5.41) is 2.93. The number of piperazine rings is 1. The van der Waals surface area contributed by atoms with E-state index >= 15 is 0 Å². The van der Waals surface area contributed by atoms with Crippen LogP contribution in [0.5, 0.6) is 0 Å². The maximum atomic E-state index is 13.1. The van der Waals surface area contributed by atoms with E-state index in [9.17, 15) is 9.59 Å². The second kappa shape index (κ2) is 6.54. The number of carbonyl (C=O) groups is 2. The molecule has 3 fully saturated rings. The maximum Gasteiger partial charge on any atom is 0.237 e. The first-order valence-electron chi connectivity index (χ1n) is 9.61. The lowest BCUT2D eigenvalue weighted by Crippen LogP contribution is -2.63. The van der Waals surface area contributed by atoms with Crippen LogP contribution in [0.15, 0.2) is 0 Å². The Morgan fingerprint density at radius 2 is 1.80 bits per heavy atom. The number of hydrogen-bond acceptors (Lipinski definition) is 4. The summed E-state index contributed by atoms with van der Waals surface area (Å²) < 4.78 is 0. The van der Waals surface area contributed by atoms with Crippen molar-refractivity contribution in [2.24, 2.45) is 10.8 Å². The van der Waals surface area contributed by atoms with Gasteiger partial charge in [0.05, 0.1) is 12.5 Å². The fourth-order valence-corrected chi connectivity index (χ4v) is 5.72. The Kier molecular flexibility index (Phi) is 4.88. The smallest absolute Gasteiger partial charge is 0.237 e. The highest BCUT2D eigenvalue weighted by Crippen LogP contribution is 2.45. The first-order valence-corrected chi connectivity index (χ1v) is 9.61. The fraction of sp³-hybridized carbons (Fsp3) is 0.895. The van der Waals surface area contributed by atoms with Crippen LogP contribution in [-0.2, 0) is 9.59 Å². The van der Waals surface area contributed by atoms with Gasteiger partial charge in [-0.15, -0.1) is 0 Å². The van der Waals surface area contributed by atoms with Gasteiger partial charge in [-0.1, -0.05) is 13.8 Å². The van der Waals surface area contributed by atoms with Gasteiger partial charge in [-0.25, -0.2) is 0 Å². The fourth-order valence-electron chi connectivity index (χ4n) is 5.72. The third-order valence-corrected chi connectivity index (χ3v) is 6.06. The summed E-state index contributed by atoms with van der Waals surface area (Å²) >= 11 is 0. The number of nitrogens with one attached hydrogen (secondary N) is 1. The molecule has 0 aromatic heterocycles. The molecule has 0 aliphatic carbocycles. The quantitative estimate of drug-likeness (QED) is 0.817. The Morgan fingerprint density at radius 3 is 2.36 bits per heavy atom. The molecular formula is C19H34N4O2. The zero-order valence-corrected chi connectivity index (χ0v) is 16.5. The van der Waals surface area contributed by atoms with Gasteiger partial charge in [-0.2, -0.15) is 0 Å². The van der Waals surface area contributed by atoms with Crippen LogP contribution in [0, 0.1) is 10.8 Å². The van der Waals surface area contributed by atoms with E-state index in [1.165, 1.54) is 6.42 Å². The standard InChI is InChI=1S/C19H34N4O2/c1-14(2)23-7-6-20-17(25)15(23)8-16(24)22-12-18(3)9-19(4,13-22)11-21(5)10-18/h14-15H,6-13H2,1-5H3,(H,20,25)/t15-,18-,19+/m1/s1. The topological polar surface area (TPSA) is 55.9 Å². The Morgan fingerprint density at radius 1 is 1.20 bits per heavy atom. The van der Waals surface area contributed by atoms with E-state index in [4.69, 9.17) is 0 Å². The molecular weight excluding hydrogens is 316 g/mol. The van der Waals surface area contributed by atoms with E-state index in [2.05, 4.69) is 49.9 Å². The second-order valence-electron chi connectivity index (χ2n) is 9.56. The van der Waals surface area contributed by atoms with Crippen LogP contribution in [-0.4, -0.2) is 84.9 Å². The highest BCUT2D eigenvalue weighted by molar-refractivity contribution is 5.89. The van der Waals surface area contributed by atoms with E-state index in [-0.39, 0.29) is 34.7 Å². The Labute approximate surface area is 151 Å². The number of nitrogens with zero attached hydrogens (tertiary/aromatic N) is 3. The van der Waals surface area contributed by atoms with Crippen molar-refractivity contribution >= 4 is 11.8 Å². The predicted octanol–water partition coefficient (Wildman–Crippen LogP) is 0.776. The number of rotatable bonds is 3. The molecule has 6 nitrogen and oxygen atoms in total. The molecule has 6 heteroatoms. The maximum absolute atomic E-state index is 13.1. The Bertz CT molecular complexity index is 532. The molecule has 2 amide bonds. The lowest BCUT2D eigenvalue weighted by molar-refractivity contribution is -0.148. The van der Waals surface area contributed by atoms with Gasteiger partial charge in [-0.3, -0.25) is 14.5 Å². The normalized spacial score (nSPS) is 37.3. The number of piperidine rings is 2. The van der Waals surface area contributed by atoms with Gasteiger partial charge in [0, 0.05) is 45.3 Å². The van der Waals surface area contributed by atoms with Crippen molar-refractivity contribution in [3.05, 3.63) is 0 Å². The third-order valence-electron chi connectivity index (χ3n) is 6.06. The van der Waals surface area contributed by atoms with Gasteiger partial charge >= 0.3 is 0 Å². The monoisotopic (exact) mass is 350 g/mol. The zero-order valence-electron chi connectivity index (χ0n) is 16.5. The van der Waals surface area contributed by atoms with Crippen LogP contribution in [0.2, 0.25) is 0 Å². The van der Waals surface area contributed by atoms with Crippen LogP contribution in [0.25, 0.3) is 0 Å². The molecule has 0 saturated carbocycles. The molecule has 25 heavy (non-hydrogen) atoms. The summed E-state index contributed by atoms with van der Waals surface area (Å²) in [7, 11) is 2.18. The Hall–Kier alpha value is -1.14. The number of carbonyl (C=O) groups excluding carboxylic acids is 2. The molecule has 0 radical (unpaired) electrons. The molecule has 0 aromatic carbocycles. The molecule has 3 atom stereocenters. The summed E-state index contributed by atoms with van der Waals surface area (Å²) in [6, 6.07) is -0.0560. The van der Waals surface area contributed by atoms with Crippen molar-refractivity contribution in [3.8, 4) is 0 Å². The molecule has 142 valence electrons. The number of likely N-dealkylation sites (tertiary alicyclic amines) is 2. The lowest BCUT2D eigenvalue weighted by Gasteiger charge is -2.56. The van der Waals surface area contributed by atoms with Crippen LogP contribution in [0.3, 0.4) is 0 Å². The minimum atomic E-state index is -0.327.